The number of nitrogens with zero attached hydrogens (tertiary/aromatic N) is 1. The standard InChI is InChI=1S/C12H10BN2O2/c14-15-11-8-4-5-9-12(11)17-13-16-10-6-2-1-3-7-10/h1-9,14H. The molecule has 2 aromatic rings. The molecule has 0 fully saturated rings. The molecule has 83 valence electrons. The van der Waals surface area contributed by atoms with Crippen LogP contribution >= 0.6 is 0 Å². The highest BCUT2D eigenvalue weighted by Gasteiger charge is 2.05. The molecule has 0 unspecified atom stereocenters. The first kappa shape index (κ1) is 11.2. The fourth-order valence-electron chi connectivity index (χ4n) is 1.28. The molecule has 0 saturated heterocycles. The van der Waals surface area contributed by atoms with Crippen LogP contribution < -0.4 is 9.31 Å². The lowest BCUT2D eigenvalue weighted by molar-refractivity contribution is 0.459. The molecule has 1 radical (unpaired) electrons. The average Bonchev–Trinajstić information content (AvgIpc) is 2.40. The van der Waals surface area contributed by atoms with Crippen molar-refractivity contribution in [1.82, 2.24) is 0 Å². The molecule has 17 heavy (non-hydrogen) atoms. The summed E-state index contributed by atoms with van der Waals surface area (Å²) in [6, 6.07) is 16.3. The first-order valence-corrected chi connectivity index (χ1v) is 5.06. The van der Waals surface area contributed by atoms with Gasteiger partial charge in [0.25, 0.3) is 0 Å². The number of benzene rings is 2. The van der Waals surface area contributed by atoms with Gasteiger partial charge < -0.3 is 9.31 Å². The molecule has 1 N–H and O–H groups in total. The van der Waals surface area contributed by atoms with Gasteiger partial charge in [-0.25, -0.2) is 5.53 Å². The van der Waals surface area contributed by atoms with Crippen molar-refractivity contribution in [3.63, 3.8) is 0 Å². The molecular formula is C12H10BN2O2. The van der Waals surface area contributed by atoms with Crippen LogP contribution in [-0.2, 0) is 0 Å². The largest absolute Gasteiger partial charge is 0.658 e. The van der Waals surface area contributed by atoms with Gasteiger partial charge in [-0.3, -0.25) is 0 Å². The molecule has 0 saturated carbocycles. The third-order valence-corrected chi connectivity index (χ3v) is 2.09. The molecule has 0 aromatic heterocycles. The molecule has 0 bridgehead atoms. The summed E-state index contributed by atoms with van der Waals surface area (Å²) in [5.74, 6) is 1.17. The van der Waals surface area contributed by atoms with Gasteiger partial charge in [-0.15, -0.1) is 0 Å². The minimum atomic E-state index is 0.459. The van der Waals surface area contributed by atoms with Crippen molar-refractivity contribution in [2.45, 2.75) is 0 Å². The van der Waals surface area contributed by atoms with Crippen molar-refractivity contribution >= 4 is 13.4 Å². The summed E-state index contributed by atoms with van der Waals surface area (Å²) in [6.07, 6.45) is 0. The van der Waals surface area contributed by atoms with Crippen molar-refractivity contribution < 1.29 is 9.31 Å². The molecule has 2 aromatic carbocycles. The Hall–Kier alpha value is -2.30. The molecule has 0 atom stereocenters. The van der Waals surface area contributed by atoms with E-state index in [1.54, 1.807) is 24.3 Å². The highest BCUT2D eigenvalue weighted by Crippen LogP contribution is 2.26. The van der Waals surface area contributed by atoms with E-state index in [9.17, 15) is 0 Å². The number of rotatable bonds is 5. The summed E-state index contributed by atoms with van der Waals surface area (Å²) in [5, 5.41) is 3.35. The second-order valence-electron chi connectivity index (χ2n) is 3.22. The number of para-hydroxylation sites is 3. The predicted molar refractivity (Wildman–Crippen MR) is 64.7 cm³/mol. The Bertz CT molecular complexity index is 491. The summed E-state index contributed by atoms with van der Waals surface area (Å²) in [7, 11) is 1.22. The highest BCUT2D eigenvalue weighted by atomic mass is 16.6. The van der Waals surface area contributed by atoms with Gasteiger partial charge in [0.2, 0.25) is 0 Å². The topological polar surface area (TPSA) is 54.7 Å². The minimum absolute atomic E-state index is 0.459. The Labute approximate surface area is 100 Å². The summed E-state index contributed by atoms with van der Waals surface area (Å²) in [6.45, 7) is 0. The zero-order valence-electron chi connectivity index (χ0n) is 9.04. The lowest BCUT2D eigenvalue weighted by atomic mass is 10.2. The lowest BCUT2D eigenvalue weighted by Gasteiger charge is -2.07. The van der Waals surface area contributed by atoms with Crippen molar-refractivity contribution in [2.75, 3.05) is 0 Å². The second kappa shape index (κ2) is 5.70. The maximum atomic E-state index is 6.97. The summed E-state index contributed by atoms with van der Waals surface area (Å²) in [4.78, 5) is 0. The van der Waals surface area contributed by atoms with Crippen molar-refractivity contribution in [2.24, 2.45) is 5.11 Å². The molecule has 0 amide bonds. The Morgan fingerprint density at radius 3 is 2.35 bits per heavy atom. The van der Waals surface area contributed by atoms with Crippen molar-refractivity contribution in [3.8, 4) is 11.5 Å². The molecule has 5 heteroatoms. The minimum Gasteiger partial charge on any atom is -0.526 e. The molecular weight excluding hydrogens is 215 g/mol. The van der Waals surface area contributed by atoms with E-state index in [4.69, 9.17) is 14.8 Å². The third-order valence-electron chi connectivity index (χ3n) is 2.09. The van der Waals surface area contributed by atoms with Gasteiger partial charge in [-0.1, -0.05) is 30.3 Å². The fourth-order valence-corrected chi connectivity index (χ4v) is 1.28. The van der Waals surface area contributed by atoms with Crippen molar-refractivity contribution in [1.29, 1.82) is 5.53 Å². The second-order valence-corrected chi connectivity index (χ2v) is 3.22. The SMILES string of the molecule is N=Nc1ccccc1O[B]Oc1ccccc1. The maximum Gasteiger partial charge on any atom is 0.658 e. The van der Waals surface area contributed by atoms with Crippen LogP contribution in [0.25, 0.3) is 0 Å². The van der Waals surface area contributed by atoms with Crippen LogP contribution in [0.1, 0.15) is 0 Å². The number of nitrogens with one attached hydrogen (secondary N) is 1. The summed E-state index contributed by atoms with van der Waals surface area (Å²) in [5.41, 5.74) is 7.43. The quantitative estimate of drug-likeness (QED) is 0.626. The van der Waals surface area contributed by atoms with Gasteiger partial charge in [-0.05, 0) is 24.3 Å². The Kier molecular flexibility index (Phi) is 3.75. The zero-order valence-corrected chi connectivity index (χ0v) is 9.04. The van der Waals surface area contributed by atoms with Gasteiger partial charge in [0.15, 0.2) is 0 Å². The third kappa shape index (κ3) is 3.08. The van der Waals surface area contributed by atoms with Gasteiger partial charge in [0, 0.05) is 0 Å². The fraction of sp³-hybridized carbons (Fsp3) is 0. The molecule has 0 aliphatic carbocycles. The molecule has 0 spiro atoms. The van der Waals surface area contributed by atoms with E-state index in [0.717, 1.165) is 0 Å². The van der Waals surface area contributed by atoms with E-state index < -0.39 is 0 Å². The van der Waals surface area contributed by atoms with Crippen LogP contribution in [0, 0.1) is 5.53 Å². The van der Waals surface area contributed by atoms with E-state index in [1.165, 1.54) is 7.69 Å². The van der Waals surface area contributed by atoms with Crippen LogP contribution in [0.4, 0.5) is 5.69 Å². The Morgan fingerprint density at radius 1 is 0.882 bits per heavy atom. The van der Waals surface area contributed by atoms with Gasteiger partial charge in [0.05, 0.1) is 0 Å². The van der Waals surface area contributed by atoms with E-state index in [2.05, 4.69) is 5.11 Å². The normalized spacial score (nSPS) is 9.41. The van der Waals surface area contributed by atoms with Crippen LogP contribution in [0.3, 0.4) is 0 Å². The molecule has 2 rings (SSSR count). The number of hydrogen-bond donors (Lipinski definition) is 1. The van der Waals surface area contributed by atoms with E-state index in [0.29, 0.717) is 17.2 Å². The monoisotopic (exact) mass is 225 g/mol. The van der Waals surface area contributed by atoms with E-state index in [1.807, 2.05) is 30.3 Å². The van der Waals surface area contributed by atoms with Crippen LogP contribution in [0.2, 0.25) is 0 Å². The zero-order chi connectivity index (χ0) is 11.9. The van der Waals surface area contributed by atoms with Gasteiger partial charge >= 0.3 is 7.69 Å². The maximum absolute atomic E-state index is 6.97. The van der Waals surface area contributed by atoms with Gasteiger partial charge in [-0.2, -0.15) is 5.11 Å². The van der Waals surface area contributed by atoms with E-state index in [-0.39, 0.29) is 0 Å². The predicted octanol–water partition coefficient (Wildman–Crippen LogP) is 3.34. The van der Waals surface area contributed by atoms with E-state index >= 15 is 0 Å². The lowest BCUT2D eigenvalue weighted by Crippen LogP contribution is -2.10. The smallest absolute Gasteiger partial charge is 0.526 e. The van der Waals surface area contributed by atoms with Crippen molar-refractivity contribution in [3.05, 3.63) is 54.6 Å². The highest BCUT2D eigenvalue weighted by molar-refractivity contribution is 6.21. The Balaban J connectivity index is 1.92. The van der Waals surface area contributed by atoms with Crippen LogP contribution in [0.15, 0.2) is 59.7 Å². The first-order valence-electron chi connectivity index (χ1n) is 5.06. The molecule has 0 heterocycles. The molecule has 4 nitrogen and oxygen atoms in total. The molecule has 0 aliphatic rings. The summed E-state index contributed by atoms with van der Waals surface area (Å²) >= 11 is 0. The van der Waals surface area contributed by atoms with Crippen LogP contribution in [0.5, 0.6) is 11.5 Å². The first-order chi connectivity index (χ1) is 8.40. The number of hydrogen-bond acceptors (Lipinski definition) is 4. The van der Waals surface area contributed by atoms with Gasteiger partial charge in [0.1, 0.15) is 17.2 Å². The molecule has 0 aliphatic heterocycles. The average molecular weight is 225 g/mol. The summed E-state index contributed by atoms with van der Waals surface area (Å²) < 4.78 is 10.5. The van der Waals surface area contributed by atoms with Crippen LogP contribution in [-0.4, -0.2) is 7.69 Å². The Morgan fingerprint density at radius 2 is 1.59 bits per heavy atom.